The van der Waals surface area contributed by atoms with Gasteiger partial charge < -0.3 is 10.1 Å². The molecule has 0 aliphatic carbocycles. The third-order valence-corrected chi connectivity index (χ3v) is 2.33. The maximum absolute atomic E-state index is 5.99. The molecule has 0 atom stereocenters. The Morgan fingerprint density at radius 2 is 2.27 bits per heavy atom. The molecule has 0 fully saturated rings. The minimum atomic E-state index is 0.623. The maximum Gasteiger partial charge on any atom is 0.137 e. The van der Waals surface area contributed by atoms with Gasteiger partial charge in [0.15, 0.2) is 0 Å². The van der Waals surface area contributed by atoms with Gasteiger partial charge >= 0.3 is 0 Å². The minimum Gasteiger partial charge on any atom is -0.495 e. The zero-order valence-corrected chi connectivity index (χ0v) is 9.90. The molecular formula is C12H16ClNO. The topological polar surface area (TPSA) is 21.3 Å². The van der Waals surface area contributed by atoms with Crippen LogP contribution in [0.25, 0.3) is 0 Å². The van der Waals surface area contributed by atoms with Gasteiger partial charge in [0, 0.05) is 12.2 Å². The summed E-state index contributed by atoms with van der Waals surface area (Å²) in [5.41, 5.74) is 2.17. The van der Waals surface area contributed by atoms with Crippen molar-refractivity contribution < 1.29 is 4.74 Å². The summed E-state index contributed by atoms with van der Waals surface area (Å²) in [5.74, 6) is 0.696. The summed E-state index contributed by atoms with van der Waals surface area (Å²) in [5, 5.41) is 3.89. The average Bonchev–Trinajstić information content (AvgIpc) is 2.17. The molecule has 82 valence electrons. The molecule has 3 heteroatoms. The number of hydrogen-bond acceptors (Lipinski definition) is 2. The molecule has 0 saturated heterocycles. The second-order valence-electron chi connectivity index (χ2n) is 3.48. The highest BCUT2D eigenvalue weighted by atomic mass is 35.5. The molecule has 0 unspecified atom stereocenters. The first-order valence-electron chi connectivity index (χ1n) is 4.85. The number of anilines is 1. The smallest absolute Gasteiger partial charge is 0.137 e. The summed E-state index contributed by atoms with van der Waals surface area (Å²) in [7, 11) is 1.61. The molecule has 1 aromatic rings. The number of ether oxygens (including phenoxy) is 1. The summed E-state index contributed by atoms with van der Waals surface area (Å²) in [6.45, 7) is 6.73. The largest absolute Gasteiger partial charge is 0.495 e. The van der Waals surface area contributed by atoms with Crippen molar-refractivity contribution in [3.63, 3.8) is 0 Å². The molecule has 0 heterocycles. The lowest BCUT2D eigenvalue weighted by atomic mass is 10.2. The van der Waals surface area contributed by atoms with E-state index >= 15 is 0 Å². The van der Waals surface area contributed by atoms with E-state index in [0.29, 0.717) is 10.8 Å². The van der Waals surface area contributed by atoms with E-state index in [1.807, 2.05) is 25.1 Å². The Hall–Kier alpha value is -1.15. The van der Waals surface area contributed by atoms with Gasteiger partial charge in [-0.25, -0.2) is 0 Å². The van der Waals surface area contributed by atoms with Gasteiger partial charge in [-0.15, -0.1) is 6.58 Å². The summed E-state index contributed by atoms with van der Waals surface area (Å²) in [4.78, 5) is 0. The fourth-order valence-electron chi connectivity index (χ4n) is 1.20. The van der Waals surface area contributed by atoms with Gasteiger partial charge in [0.1, 0.15) is 5.75 Å². The predicted molar refractivity (Wildman–Crippen MR) is 65.9 cm³/mol. The molecule has 1 rings (SSSR count). The Bertz CT molecular complexity index is 349. The minimum absolute atomic E-state index is 0.623. The van der Waals surface area contributed by atoms with Crippen molar-refractivity contribution in [2.24, 2.45) is 0 Å². The first kappa shape index (κ1) is 11.9. The third-order valence-electron chi connectivity index (χ3n) is 2.03. The Morgan fingerprint density at radius 1 is 1.53 bits per heavy atom. The molecule has 0 aliphatic heterocycles. The summed E-state index contributed by atoms with van der Waals surface area (Å²) in [6.07, 6.45) is 0.962. The van der Waals surface area contributed by atoms with Crippen molar-refractivity contribution in [3.8, 4) is 5.75 Å². The van der Waals surface area contributed by atoms with Crippen LogP contribution >= 0.6 is 11.6 Å². The lowest BCUT2D eigenvalue weighted by Crippen LogP contribution is -2.01. The number of nitrogens with one attached hydrogen (secondary N) is 1. The fourth-order valence-corrected chi connectivity index (χ4v) is 1.45. The van der Waals surface area contributed by atoms with Crippen molar-refractivity contribution >= 4 is 17.3 Å². The van der Waals surface area contributed by atoms with Gasteiger partial charge in [-0.05, 0) is 31.5 Å². The SMILES string of the molecule is C=C(C)CCNc1ccc(OC)c(Cl)c1. The van der Waals surface area contributed by atoms with Gasteiger partial charge in [-0.2, -0.15) is 0 Å². The third kappa shape index (κ3) is 3.84. The Kier molecular flexibility index (Phi) is 4.50. The van der Waals surface area contributed by atoms with E-state index < -0.39 is 0 Å². The molecule has 0 aliphatic rings. The van der Waals surface area contributed by atoms with Crippen LogP contribution in [0.15, 0.2) is 30.4 Å². The Labute approximate surface area is 95.9 Å². The van der Waals surface area contributed by atoms with Crippen LogP contribution in [0.2, 0.25) is 5.02 Å². The lowest BCUT2D eigenvalue weighted by Gasteiger charge is -2.08. The predicted octanol–water partition coefficient (Wildman–Crippen LogP) is 3.73. The van der Waals surface area contributed by atoms with Crippen LogP contribution < -0.4 is 10.1 Å². The van der Waals surface area contributed by atoms with E-state index in [2.05, 4.69) is 11.9 Å². The number of hydrogen-bond donors (Lipinski definition) is 1. The van der Waals surface area contributed by atoms with E-state index in [9.17, 15) is 0 Å². The highest BCUT2D eigenvalue weighted by molar-refractivity contribution is 6.32. The van der Waals surface area contributed by atoms with Gasteiger partial charge in [0.2, 0.25) is 0 Å². The van der Waals surface area contributed by atoms with E-state index in [-0.39, 0.29) is 0 Å². The summed E-state index contributed by atoms with van der Waals surface area (Å²) >= 11 is 5.99. The van der Waals surface area contributed by atoms with Gasteiger partial charge in [0.25, 0.3) is 0 Å². The summed E-state index contributed by atoms with van der Waals surface area (Å²) in [6, 6.07) is 5.66. The van der Waals surface area contributed by atoms with Crippen molar-refractivity contribution in [2.45, 2.75) is 13.3 Å². The monoisotopic (exact) mass is 225 g/mol. The van der Waals surface area contributed by atoms with E-state index in [0.717, 1.165) is 18.7 Å². The highest BCUT2D eigenvalue weighted by Crippen LogP contribution is 2.27. The van der Waals surface area contributed by atoms with Crippen molar-refractivity contribution in [1.82, 2.24) is 0 Å². The van der Waals surface area contributed by atoms with Crippen LogP contribution in [0.5, 0.6) is 5.75 Å². The number of rotatable bonds is 5. The summed E-state index contributed by atoms with van der Waals surface area (Å²) < 4.78 is 5.07. The Balaban J connectivity index is 2.55. The standard InChI is InChI=1S/C12H16ClNO/c1-9(2)6-7-14-10-4-5-12(15-3)11(13)8-10/h4-5,8,14H,1,6-7H2,2-3H3. The van der Waals surface area contributed by atoms with Crippen LogP contribution in [-0.2, 0) is 0 Å². The second-order valence-corrected chi connectivity index (χ2v) is 3.89. The molecular weight excluding hydrogens is 210 g/mol. The van der Waals surface area contributed by atoms with Crippen LogP contribution in [-0.4, -0.2) is 13.7 Å². The maximum atomic E-state index is 5.99. The van der Waals surface area contributed by atoms with Gasteiger partial charge in [-0.1, -0.05) is 17.2 Å². The quantitative estimate of drug-likeness (QED) is 0.772. The lowest BCUT2D eigenvalue weighted by molar-refractivity contribution is 0.415. The first-order chi connectivity index (χ1) is 7.13. The van der Waals surface area contributed by atoms with E-state index in [1.54, 1.807) is 7.11 Å². The van der Waals surface area contributed by atoms with Crippen LogP contribution in [0.4, 0.5) is 5.69 Å². The zero-order valence-electron chi connectivity index (χ0n) is 9.14. The zero-order chi connectivity index (χ0) is 11.3. The van der Waals surface area contributed by atoms with E-state index in [4.69, 9.17) is 16.3 Å². The molecule has 0 bridgehead atoms. The van der Waals surface area contributed by atoms with Gasteiger partial charge in [-0.3, -0.25) is 0 Å². The molecule has 0 spiro atoms. The molecule has 0 aromatic heterocycles. The van der Waals surface area contributed by atoms with Crippen molar-refractivity contribution in [3.05, 3.63) is 35.4 Å². The number of benzene rings is 1. The highest BCUT2D eigenvalue weighted by Gasteiger charge is 2.00. The Morgan fingerprint density at radius 3 is 2.80 bits per heavy atom. The van der Waals surface area contributed by atoms with Crippen molar-refractivity contribution in [2.75, 3.05) is 19.0 Å². The molecule has 0 amide bonds. The second kappa shape index (κ2) is 5.66. The molecule has 2 nitrogen and oxygen atoms in total. The van der Waals surface area contributed by atoms with E-state index in [1.165, 1.54) is 5.57 Å². The first-order valence-corrected chi connectivity index (χ1v) is 5.23. The molecule has 1 N–H and O–H groups in total. The average molecular weight is 226 g/mol. The number of methoxy groups -OCH3 is 1. The molecule has 0 saturated carbocycles. The van der Waals surface area contributed by atoms with Crippen molar-refractivity contribution in [1.29, 1.82) is 0 Å². The van der Waals surface area contributed by atoms with Crippen LogP contribution in [0.1, 0.15) is 13.3 Å². The molecule has 15 heavy (non-hydrogen) atoms. The van der Waals surface area contributed by atoms with Crippen LogP contribution in [0, 0.1) is 0 Å². The fraction of sp³-hybridized carbons (Fsp3) is 0.333. The van der Waals surface area contributed by atoms with Crippen LogP contribution in [0.3, 0.4) is 0 Å². The van der Waals surface area contributed by atoms with Gasteiger partial charge in [0.05, 0.1) is 12.1 Å². The normalized spacial score (nSPS) is 9.80. The molecule has 1 aromatic carbocycles. The molecule has 0 radical (unpaired) electrons. The number of halogens is 1.